The van der Waals surface area contributed by atoms with Crippen molar-refractivity contribution in [2.75, 3.05) is 6.54 Å². The second-order valence-electron chi connectivity index (χ2n) is 3.96. The number of rotatable bonds is 5. The monoisotopic (exact) mass is 185 g/mol. The summed E-state index contributed by atoms with van der Waals surface area (Å²) in [6, 6.07) is 0.654. The van der Waals surface area contributed by atoms with E-state index in [2.05, 4.69) is 5.32 Å². The lowest BCUT2D eigenvalue weighted by Crippen LogP contribution is -2.29. The van der Waals surface area contributed by atoms with Crippen LogP contribution in [0.25, 0.3) is 0 Å². The molecule has 0 bridgehead atoms. The molecule has 76 valence electrons. The summed E-state index contributed by atoms with van der Waals surface area (Å²) in [5.41, 5.74) is 0. The van der Waals surface area contributed by atoms with Crippen molar-refractivity contribution in [1.29, 1.82) is 0 Å². The van der Waals surface area contributed by atoms with E-state index in [4.69, 9.17) is 5.11 Å². The quantitative estimate of drug-likeness (QED) is 0.684. The molecule has 1 aliphatic carbocycles. The maximum absolute atomic E-state index is 10.5. The van der Waals surface area contributed by atoms with Crippen LogP contribution < -0.4 is 5.32 Å². The molecular formula is C10H19NO2. The van der Waals surface area contributed by atoms with E-state index in [1.807, 2.05) is 0 Å². The molecule has 1 fully saturated rings. The van der Waals surface area contributed by atoms with Crippen LogP contribution in [0.15, 0.2) is 0 Å². The van der Waals surface area contributed by atoms with Gasteiger partial charge in [0, 0.05) is 6.04 Å². The Kier molecular flexibility index (Phi) is 4.22. The van der Waals surface area contributed by atoms with E-state index >= 15 is 0 Å². The minimum Gasteiger partial charge on any atom is -0.481 e. The predicted molar refractivity (Wildman–Crippen MR) is 51.7 cm³/mol. The molecule has 1 atom stereocenters. The van der Waals surface area contributed by atoms with E-state index in [1.54, 1.807) is 6.92 Å². The zero-order valence-corrected chi connectivity index (χ0v) is 8.25. The minimum atomic E-state index is -0.687. The molecule has 1 aliphatic rings. The zero-order chi connectivity index (χ0) is 9.68. The van der Waals surface area contributed by atoms with Crippen LogP contribution in [-0.2, 0) is 4.79 Å². The molecule has 0 saturated heterocycles. The third-order valence-corrected chi connectivity index (χ3v) is 2.79. The van der Waals surface area contributed by atoms with Crippen LogP contribution in [0.5, 0.6) is 0 Å². The number of hydrogen-bond acceptors (Lipinski definition) is 2. The molecule has 0 radical (unpaired) electrons. The molecule has 0 aliphatic heterocycles. The van der Waals surface area contributed by atoms with Gasteiger partial charge in [-0.1, -0.05) is 19.8 Å². The second kappa shape index (κ2) is 5.22. The minimum absolute atomic E-state index is 0.214. The molecule has 0 aromatic rings. The highest BCUT2D eigenvalue weighted by atomic mass is 16.4. The molecule has 0 amide bonds. The summed E-state index contributed by atoms with van der Waals surface area (Å²) in [5, 5.41) is 12.1. The first kappa shape index (κ1) is 10.5. The SMILES string of the molecule is CC(CCNC1CCCC1)C(=O)O. The fraction of sp³-hybridized carbons (Fsp3) is 0.900. The lowest BCUT2D eigenvalue weighted by molar-refractivity contribution is -0.141. The highest BCUT2D eigenvalue weighted by molar-refractivity contribution is 5.69. The fourth-order valence-corrected chi connectivity index (χ4v) is 1.76. The van der Waals surface area contributed by atoms with Gasteiger partial charge in [-0.05, 0) is 25.8 Å². The third kappa shape index (κ3) is 3.77. The van der Waals surface area contributed by atoms with E-state index in [0.29, 0.717) is 6.04 Å². The summed E-state index contributed by atoms with van der Waals surface area (Å²) in [5.74, 6) is -0.901. The maximum Gasteiger partial charge on any atom is 0.306 e. The Morgan fingerprint density at radius 1 is 1.54 bits per heavy atom. The summed E-state index contributed by atoms with van der Waals surface area (Å²) in [6.07, 6.45) is 5.92. The molecule has 0 heterocycles. The molecule has 0 spiro atoms. The molecular weight excluding hydrogens is 166 g/mol. The first-order valence-corrected chi connectivity index (χ1v) is 5.16. The Hall–Kier alpha value is -0.570. The van der Waals surface area contributed by atoms with Crippen molar-refractivity contribution in [2.24, 2.45) is 5.92 Å². The van der Waals surface area contributed by atoms with Gasteiger partial charge in [0.25, 0.3) is 0 Å². The summed E-state index contributed by atoms with van der Waals surface area (Å²) in [7, 11) is 0. The van der Waals surface area contributed by atoms with Crippen LogP contribution in [0.2, 0.25) is 0 Å². The molecule has 0 aromatic carbocycles. The van der Waals surface area contributed by atoms with Gasteiger partial charge in [0.05, 0.1) is 5.92 Å². The molecule has 1 rings (SSSR count). The number of carboxylic acid groups (broad SMARTS) is 1. The first-order chi connectivity index (χ1) is 6.20. The van der Waals surface area contributed by atoms with Crippen molar-refractivity contribution in [3.05, 3.63) is 0 Å². The fourth-order valence-electron chi connectivity index (χ4n) is 1.76. The largest absolute Gasteiger partial charge is 0.481 e. The Labute approximate surface area is 79.5 Å². The molecule has 0 aromatic heterocycles. The Bertz CT molecular complexity index is 164. The van der Waals surface area contributed by atoms with Crippen LogP contribution in [0.3, 0.4) is 0 Å². The molecule has 13 heavy (non-hydrogen) atoms. The van der Waals surface area contributed by atoms with E-state index < -0.39 is 5.97 Å². The molecule has 3 nitrogen and oxygen atoms in total. The standard InChI is InChI=1S/C10H19NO2/c1-8(10(12)13)6-7-11-9-4-2-3-5-9/h8-9,11H,2-7H2,1H3,(H,12,13). The average Bonchev–Trinajstić information content (AvgIpc) is 2.56. The Morgan fingerprint density at radius 3 is 2.69 bits per heavy atom. The molecule has 2 N–H and O–H groups in total. The highest BCUT2D eigenvalue weighted by Gasteiger charge is 2.15. The lowest BCUT2D eigenvalue weighted by atomic mass is 10.1. The van der Waals surface area contributed by atoms with Gasteiger partial charge < -0.3 is 10.4 Å². The van der Waals surface area contributed by atoms with Crippen LogP contribution >= 0.6 is 0 Å². The van der Waals surface area contributed by atoms with Gasteiger partial charge in [-0.3, -0.25) is 4.79 Å². The van der Waals surface area contributed by atoms with Gasteiger partial charge >= 0.3 is 5.97 Å². The maximum atomic E-state index is 10.5. The van der Waals surface area contributed by atoms with Crippen LogP contribution in [-0.4, -0.2) is 23.7 Å². The zero-order valence-electron chi connectivity index (χ0n) is 8.25. The lowest BCUT2D eigenvalue weighted by Gasteiger charge is -2.12. The molecule has 1 unspecified atom stereocenters. The van der Waals surface area contributed by atoms with Gasteiger partial charge in [0.15, 0.2) is 0 Å². The molecule has 3 heteroatoms. The highest BCUT2D eigenvalue weighted by Crippen LogP contribution is 2.17. The van der Waals surface area contributed by atoms with E-state index in [1.165, 1.54) is 25.7 Å². The number of aliphatic carboxylic acids is 1. The number of carbonyl (C=O) groups is 1. The van der Waals surface area contributed by atoms with Crippen molar-refractivity contribution in [2.45, 2.75) is 45.1 Å². The summed E-state index contributed by atoms with van der Waals surface area (Å²) in [4.78, 5) is 10.5. The summed E-state index contributed by atoms with van der Waals surface area (Å²) >= 11 is 0. The van der Waals surface area contributed by atoms with Crippen LogP contribution in [0.4, 0.5) is 0 Å². The smallest absolute Gasteiger partial charge is 0.306 e. The van der Waals surface area contributed by atoms with Crippen LogP contribution in [0, 0.1) is 5.92 Å². The topological polar surface area (TPSA) is 49.3 Å². The van der Waals surface area contributed by atoms with E-state index in [9.17, 15) is 4.79 Å². The van der Waals surface area contributed by atoms with Crippen LogP contribution in [0.1, 0.15) is 39.0 Å². The Morgan fingerprint density at radius 2 is 2.15 bits per heavy atom. The summed E-state index contributed by atoms with van der Waals surface area (Å²) < 4.78 is 0. The average molecular weight is 185 g/mol. The van der Waals surface area contributed by atoms with Gasteiger partial charge in [0.2, 0.25) is 0 Å². The van der Waals surface area contributed by atoms with Gasteiger partial charge in [-0.15, -0.1) is 0 Å². The van der Waals surface area contributed by atoms with Crippen molar-refractivity contribution < 1.29 is 9.90 Å². The van der Waals surface area contributed by atoms with Crippen molar-refractivity contribution in [3.8, 4) is 0 Å². The van der Waals surface area contributed by atoms with E-state index in [0.717, 1.165) is 13.0 Å². The van der Waals surface area contributed by atoms with Crippen molar-refractivity contribution in [1.82, 2.24) is 5.32 Å². The van der Waals surface area contributed by atoms with Crippen molar-refractivity contribution in [3.63, 3.8) is 0 Å². The van der Waals surface area contributed by atoms with Gasteiger partial charge in [-0.2, -0.15) is 0 Å². The van der Waals surface area contributed by atoms with E-state index in [-0.39, 0.29) is 5.92 Å². The second-order valence-corrected chi connectivity index (χ2v) is 3.96. The first-order valence-electron chi connectivity index (χ1n) is 5.16. The predicted octanol–water partition coefficient (Wildman–Crippen LogP) is 1.63. The number of nitrogens with one attached hydrogen (secondary N) is 1. The van der Waals surface area contributed by atoms with Gasteiger partial charge in [-0.25, -0.2) is 0 Å². The number of hydrogen-bond donors (Lipinski definition) is 2. The normalized spacial score (nSPS) is 20.4. The molecule has 1 saturated carbocycles. The van der Waals surface area contributed by atoms with Crippen molar-refractivity contribution >= 4 is 5.97 Å². The van der Waals surface area contributed by atoms with Gasteiger partial charge in [0.1, 0.15) is 0 Å². The summed E-state index contributed by atoms with van der Waals surface area (Å²) in [6.45, 7) is 2.61. The Balaban J connectivity index is 2.02. The number of carboxylic acids is 1. The third-order valence-electron chi connectivity index (χ3n) is 2.79.